The molecule has 0 bridgehead atoms. The van der Waals surface area contributed by atoms with Crippen molar-refractivity contribution in [3.63, 3.8) is 0 Å². The van der Waals surface area contributed by atoms with Crippen LogP contribution in [0.5, 0.6) is 17.2 Å². The van der Waals surface area contributed by atoms with Crippen LogP contribution < -0.4 is 19.5 Å². The molecule has 3 aromatic rings. The molecule has 0 saturated heterocycles. The first-order chi connectivity index (χ1) is 17.1. The number of nitrogens with one attached hydrogen (secondary N) is 1. The van der Waals surface area contributed by atoms with E-state index in [-0.39, 0.29) is 11.7 Å². The van der Waals surface area contributed by atoms with E-state index in [1.165, 1.54) is 6.07 Å². The van der Waals surface area contributed by atoms with Crippen LogP contribution in [0.3, 0.4) is 0 Å². The van der Waals surface area contributed by atoms with Crippen molar-refractivity contribution in [3.05, 3.63) is 89.2 Å². The lowest BCUT2D eigenvalue weighted by Crippen LogP contribution is -2.33. The molecule has 4 rings (SSSR count). The molecule has 1 atom stereocenters. The Hall–Kier alpha value is -3.58. The zero-order valence-corrected chi connectivity index (χ0v) is 20.1. The Labute approximate surface area is 205 Å². The SMILES string of the molecule is COc1ccc(CCNC(=O)CCN2Cc3ccccc3O[C@@H](c3ccccc3F)C2)cc1OC. The molecule has 0 spiro atoms. The molecule has 0 radical (unpaired) electrons. The topological polar surface area (TPSA) is 60.0 Å². The number of para-hydroxylation sites is 1. The molecule has 0 unspecified atom stereocenters. The van der Waals surface area contributed by atoms with Gasteiger partial charge in [-0.2, -0.15) is 0 Å². The number of methoxy groups -OCH3 is 2. The van der Waals surface area contributed by atoms with Crippen molar-refractivity contribution in [2.75, 3.05) is 33.9 Å². The molecular weight excluding hydrogens is 447 g/mol. The van der Waals surface area contributed by atoms with Crippen LogP contribution in [0.15, 0.2) is 66.7 Å². The van der Waals surface area contributed by atoms with Gasteiger partial charge in [0.1, 0.15) is 17.7 Å². The summed E-state index contributed by atoms with van der Waals surface area (Å²) in [6.45, 7) is 2.21. The Morgan fingerprint density at radius 3 is 2.63 bits per heavy atom. The van der Waals surface area contributed by atoms with Gasteiger partial charge in [-0.15, -0.1) is 0 Å². The highest BCUT2D eigenvalue weighted by Crippen LogP contribution is 2.32. The highest BCUT2D eigenvalue weighted by atomic mass is 19.1. The molecule has 7 heteroatoms. The lowest BCUT2D eigenvalue weighted by Gasteiger charge is -2.24. The lowest BCUT2D eigenvalue weighted by atomic mass is 10.1. The molecule has 1 aliphatic heterocycles. The number of amides is 1. The molecule has 0 fully saturated rings. The summed E-state index contributed by atoms with van der Waals surface area (Å²) >= 11 is 0. The van der Waals surface area contributed by atoms with E-state index in [0.717, 1.165) is 16.9 Å². The maximum atomic E-state index is 14.5. The van der Waals surface area contributed by atoms with Crippen molar-refractivity contribution in [2.24, 2.45) is 0 Å². The van der Waals surface area contributed by atoms with Gasteiger partial charge in [0.25, 0.3) is 0 Å². The van der Waals surface area contributed by atoms with Gasteiger partial charge in [-0.05, 0) is 36.2 Å². The third kappa shape index (κ3) is 6.31. The zero-order chi connectivity index (χ0) is 24.6. The maximum Gasteiger partial charge on any atom is 0.221 e. The molecule has 35 heavy (non-hydrogen) atoms. The van der Waals surface area contributed by atoms with Crippen molar-refractivity contribution in [2.45, 2.75) is 25.5 Å². The average Bonchev–Trinajstić information content (AvgIpc) is 3.07. The molecule has 1 aliphatic rings. The number of ether oxygens (including phenoxy) is 3. The quantitative estimate of drug-likeness (QED) is 0.490. The van der Waals surface area contributed by atoms with Gasteiger partial charge in [0.15, 0.2) is 11.5 Å². The summed E-state index contributed by atoms with van der Waals surface area (Å²) in [5.41, 5.74) is 2.60. The fourth-order valence-electron chi connectivity index (χ4n) is 4.28. The molecule has 3 aromatic carbocycles. The minimum absolute atomic E-state index is 0.0219. The molecule has 1 heterocycles. The van der Waals surface area contributed by atoms with Crippen LogP contribution in [0.2, 0.25) is 0 Å². The molecule has 0 aliphatic carbocycles. The summed E-state index contributed by atoms with van der Waals surface area (Å²) in [5.74, 6) is 1.79. The number of fused-ring (bicyclic) bond motifs is 1. The normalized spacial score (nSPS) is 15.5. The Morgan fingerprint density at radius 2 is 1.83 bits per heavy atom. The summed E-state index contributed by atoms with van der Waals surface area (Å²) in [7, 11) is 3.21. The monoisotopic (exact) mass is 478 g/mol. The molecule has 0 saturated carbocycles. The molecule has 6 nitrogen and oxygen atoms in total. The number of hydrogen-bond acceptors (Lipinski definition) is 5. The van der Waals surface area contributed by atoms with Crippen molar-refractivity contribution < 1.29 is 23.4 Å². The van der Waals surface area contributed by atoms with Gasteiger partial charge in [-0.1, -0.05) is 42.5 Å². The van der Waals surface area contributed by atoms with Crippen LogP contribution >= 0.6 is 0 Å². The average molecular weight is 479 g/mol. The van der Waals surface area contributed by atoms with Crippen LogP contribution in [0.25, 0.3) is 0 Å². The smallest absolute Gasteiger partial charge is 0.221 e. The first-order valence-corrected chi connectivity index (χ1v) is 11.8. The predicted molar refractivity (Wildman–Crippen MR) is 132 cm³/mol. The van der Waals surface area contributed by atoms with Gasteiger partial charge in [-0.25, -0.2) is 4.39 Å². The minimum Gasteiger partial charge on any atom is -0.493 e. The van der Waals surface area contributed by atoms with E-state index in [1.807, 2.05) is 48.5 Å². The second-order valence-corrected chi connectivity index (χ2v) is 8.51. The van der Waals surface area contributed by atoms with Crippen LogP contribution in [0.4, 0.5) is 4.39 Å². The zero-order valence-electron chi connectivity index (χ0n) is 20.1. The van der Waals surface area contributed by atoms with Crippen LogP contribution in [0, 0.1) is 5.82 Å². The summed E-state index contributed by atoms with van der Waals surface area (Å²) in [4.78, 5) is 14.7. The van der Waals surface area contributed by atoms with E-state index in [2.05, 4.69) is 10.2 Å². The lowest BCUT2D eigenvalue weighted by molar-refractivity contribution is -0.121. The van der Waals surface area contributed by atoms with Gasteiger partial charge < -0.3 is 19.5 Å². The van der Waals surface area contributed by atoms with Gasteiger partial charge in [-0.3, -0.25) is 9.69 Å². The van der Waals surface area contributed by atoms with E-state index in [0.29, 0.717) is 56.1 Å². The molecule has 184 valence electrons. The highest BCUT2D eigenvalue weighted by molar-refractivity contribution is 5.76. The van der Waals surface area contributed by atoms with Crippen molar-refractivity contribution >= 4 is 5.91 Å². The number of benzene rings is 3. The first kappa shape index (κ1) is 24.5. The first-order valence-electron chi connectivity index (χ1n) is 11.8. The summed E-state index contributed by atoms with van der Waals surface area (Å²) in [6.07, 6.45) is 0.581. The Bertz CT molecular complexity index is 1150. The van der Waals surface area contributed by atoms with Crippen molar-refractivity contribution in [1.29, 1.82) is 0 Å². The summed E-state index contributed by atoms with van der Waals surface area (Å²) in [5, 5.41) is 2.99. The van der Waals surface area contributed by atoms with Crippen LogP contribution in [-0.2, 0) is 17.8 Å². The van der Waals surface area contributed by atoms with Gasteiger partial charge in [0.2, 0.25) is 5.91 Å². The Balaban J connectivity index is 1.34. The maximum absolute atomic E-state index is 14.5. The van der Waals surface area contributed by atoms with E-state index >= 15 is 0 Å². The fraction of sp³-hybridized carbons (Fsp3) is 0.321. The molecule has 0 aromatic heterocycles. The number of nitrogens with zero attached hydrogens (tertiary/aromatic N) is 1. The summed E-state index contributed by atoms with van der Waals surface area (Å²) < 4.78 is 31.3. The number of hydrogen-bond donors (Lipinski definition) is 1. The minimum atomic E-state index is -0.451. The summed E-state index contributed by atoms with van der Waals surface area (Å²) in [6, 6.07) is 20.2. The standard InChI is InChI=1S/C28H31FN2O4/c1-33-25-12-11-20(17-26(25)34-2)13-15-30-28(32)14-16-31-18-21-7-3-6-10-24(21)35-27(19-31)22-8-4-5-9-23(22)29/h3-12,17,27H,13-16,18-19H2,1-2H3,(H,30,32)/t27-/m1/s1. The Morgan fingerprint density at radius 1 is 1.06 bits per heavy atom. The van der Waals surface area contributed by atoms with E-state index in [4.69, 9.17) is 14.2 Å². The van der Waals surface area contributed by atoms with Crippen molar-refractivity contribution in [3.8, 4) is 17.2 Å². The van der Waals surface area contributed by atoms with Crippen LogP contribution in [0.1, 0.15) is 29.2 Å². The molecule has 1 amide bonds. The van der Waals surface area contributed by atoms with E-state index in [9.17, 15) is 9.18 Å². The number of halogens is 1. The fourth-order valence-corrected chi connectivity index (χ4v) is 4.28. The third-order valence-corrected chi connectivity index (χ3v) is 6.15. The van der Waals surface area contributed by atoms with Gasteiger partial charge in [0, 0.05) is 43.7 Å². The largest absolute Gasteiger partial charge is 0.493 e. The third-order valence-electron chi connectivity index (χ3n) is 6.15. The van der Waals surface area contributed by atoms with Crippen molar-refractivity contribution in [1.82, 2.24) is 10.2 Å². The number of rotatable bonds is 9. The van der Waals surface area contributed by atoms with Gasteiger partial charge >= 0.3 is 0 Å². The molecular formula is C28H31FN2O4. The van der Waals surface area contributed by atoms with Gasteiger partial charge in [0.05, 0.1) is 14.2 Å². The second-order valence-electron chi connectivity index (χ2n) is 8.51. The number of carbonyl (C=O) groups excluding carboxylic acids is 1. The highest BCUT2D eigenvalue weighted by Gasteiger charge is 2.26. The predicted octanol–water partition coefficient (Wildman–Crippen LogP) is 4.53. The second kappa shape index (κ2) is 11.7. The number of carbonyl (C=O) groups is 1. The van der Waals surface area contributed by atoms with E-state index < -0.39 is 6.10 Å². The molecule has 1 N–H and O–H groups in total. The van der Waals surface area contributed by atoms with E-state index in [1.54, 1.807) is 26.4 Å². The van der Waals surface area contributed by atoms with Crippen LogP contribution in [-0.4, -0.2) is 44.7 Å². The Kier molecular flexibility index (Phi) is 8.21.